The minimum Gasteiger partial charge on any atom is -0.390 e. The Morgan fingerprint density at radius 2 is 1.77 bits per heavy atom. The number of halogens is 4. The number of nitrogens with one attached hydrogen (secondary N) is 1. The fourth-order valence-corrected chi connectivity index (χ4v) is 7.65. The smallest absolute Gasteiger partial charge is 0.390 e. The van der Waals surface area contributed by atoms with Crippen molar-refractivity contribution in [2.24, 2.45) is 0 Å². The van der Waals surface area contributed by atoms with Crippen LogP contribution in [0.5, 0.6) is 0 Å². The quantitative estimate of drug-likeness (QED) is 0.138. The van der Waals surface area contributed by atoms with Crippen LogP contribution in [0.4, 0.5) is 19.0 Å². The van der Waals surface area contributed by atoms with Gasteiger partial charge in [0.05, 0.1) is 47.4 Å². The van der Waals surface area contributed by atoms with Gasteiger partial charge in [0.2, 0.25) is 0 Å². The van der Waals surface area contributed by atoms with Gasteiger partial charge in [0, 0.05) is 15.1 Å². The number of phosphoric acid groups is 1. The second-order valence-electron chi connectivity index (χ2n) is 13.7. The molecule has 1 aliphatic rings. The standard InChI is InChI=1S/C33H41F3IN4O6P/c1-32(2,3)46-48(44,47-33(4,5)6)45-17-27(20-11-21(34)15-22(37)12-20)41-31(43)23-9-7-19(14-24(23)35)29-30(38)39-16-26(40-29)18-8-10-28(42)25(36)13-18/h7,9,11-12,14-16,18,25,27-28,42H,8,10,13,17H2,1-6H3,(H2,38,39)(H,41,43)/t18-,25-,27+,28-/m0/s1. The van der Waals surface area contributed by atoms with E-state index in [9.17, 15) is 23.2 Å². The van der Waals surface area contributed by atoms with Crippen LogP contribution in [0.3, 0.4) is 0 Å². The van der Waals surface area contributed by atoms with Crippen molar-refractivity contribution >= 4 is 42.1 Å². The lowest BCUT2D eigenvalue weighted by Crippen LogP contribution is -2.33. The number of anilines is 1. The average molecular weight is 805 g/mol. The van der Waals surface area contributed by atoms with E-state index >= 15 is 4.39 Å². The van der Waals surface area contributed by atoms with Crippen molar-refractivity contribution in [1.29, 1.82) is 0 Å². The summed E-state index contributed by atoms with van der Waals surface area (Å²) in [5, 5.41) is 12.4. The lowest BCUT2D eigenvalue weighted by atomic mass is 9.84. The summed E-state index contributed by atoms with van der Waals surface area (Å²) in [7, 11) is -4.23. The Bertz CT molecular complexity index is 1650. The van der Waals surface area contributed by atoms with Crippen LogP contribution in [-0.4, -0.2) is 51.1 Å². The van der Waals surface area contributed by atoms with Crippen molar-refractivity contribution in [3.63, 3.8) is 0 Å². The van der Waals surface area contributed by atoms with Crippen LogP contribution in [0, 0.1) is 15.2 Å². The Balaban J connectivity index is 1.60. The fraction of sp³-hybridized carbons (Fsp3) is 0.485. The number of nitrogens with zero attached hydrogens (tertiary/aromatic N) is 2. The van der Waals surface area contributed by atoms with E-state index in [0.29, 0.717) is 15.7 Å². The summed E-state index contributed by atoms with van der Waals surface area (Å²) in [5.74, 6) is -2.64. The van der Waals surface area contributed by atoms with Gasteiger partial charge in [-0.1, -0.05) is 6.07 Å². The predicted octanol–water partition coefficient (Wildman–Crippen LogP) is 7.80. The Morgan fingerprint density at radius 3 is 2.35 bits per heavy atom. The lowest BCUT2D eigenvalue weighted by Gasteiger charge is -2.32. The van der Waals surface area contributed by atoms with E-state index in [-0.39, 0.29) is 47.0 Å². The molecule has 2 aromatic carbocycles. The fourth-order valence-electron chi connectivity index (χ4n) is 5.18. The Morgan fingerprint density at radius 1 is 1.10 bits per heavy atom. The predicted molar refractivity (Wildman–Crippen MR) is 184 cm³/mol. The Hall–Kier alpha value is -2.62. The summed E-state index contributed by atoms with van der Waals surface area (Å²) in [6.45, 7) is 9.57. The van der Waals surface area contributed by atoms with E-state index in [1.165, 1.54) is 30.5 Å². The molecule has 0 radical (unpaired) electrons. The molecule has 262 valence electrons. The molecule has 3 aromatic rings. The van der Waals surface area contributed by atoms with Crippen molar-refractivity contribution in [3.8, 4) is 11.3 Å². The number of aromatic nitrogens is 2. The van der Waals surface area contributed by atoms with Gasteiger partial charge in [-0.25, -0.2) is 27.7 Å². The molecule has 0 spiro atoms. The molecular weight excluding hydrogens is 763 g/mol. The molecule has 1 aromatic heterocycles. The van der Waals surface area contributed by atoms with Crippen molar-refractivity contribution in [1.82, 2.24) is 15.3 Å². The SMILES string of the molecule is CC(C)(C)OP(=O)(OC[C@@H](NC(=O)c1ccc(-c2nc([C@H]3CC[C@H](O)[C@@H](F)C3)cnc2N)cc1F)c1cc(F)cc(I)c1)OC(C)(C)C. The second-order valence-corrected chi connectivity index (χ2v) is 16.5. The maximum absolute atomic E-state index is 15.6. The number of amides is 1. The zero-order valence-corrected chi connectivity index (χ0v) is 30.7. The molecule has 1 saturated carbocycles. The van der Waals surface area contributed by atoms with Gasteiger partial charge in [-0.3, -0.25) is 18.4 Å². The van der Waals surface area contributed by atoms with Crippen LogP contribution < -0.4 is 11.1 Å². The van der Waals surface area contributed by atoms with E-state index in [0.717, 1.165) is 6.07 Å². The van der Waals surface area contributed by atoms with Crippen molar-refractivity contribution in [3.05, 3.63) is 74.6 Å². The molecule has 1 heterocycles. The number of alkyl halides is 1. The largest absolute Gasteiger partial charge is 0.475 e. The highest BCUT2D eigenvalue weighted by Gasteiger charge is 2.38. The molecule has 1 aliphatic carbocycles. The Labute approximate surface area is 292 Å². The summed E-state index contributed by atoms with van der Waals surface area (Å²) < 4.78 is 75.6. The average Bonchev–Trinajstić information content (AvgIpc) is 2.94. The normalized spacial score (nSPS) is 19.6. The van der Waals surface area contributed by atoms with Gasteiger partial charge in [0.15, 0.2) is 0 Å². The molecule has 4 rings (SSSR count). The van der Waals surface area contributed by atoms with E-state index < -0.39 is 61.5 Å². The number of nitrogens with two attached hydrogens (primary N) is 1. The zero-order chi connectivity index (χ0) is 35.6. The first-order chi connectivity index (χ1) is 22.2. The van der Waals surface area contributed by atoms with Gasteiger partial charge in [-0.2, -0.15) is 0 Å². The molecule has 4 atom stereocenters. The van der Waals surface area contributed by atoms with Gasteiger partial charge < -0.3 is 16.2 Å². The number of aliphatic hydroxyl groups excluding tert-OH is 1. The number of rotatable bonds is 10. The highest BCUT2D eigenvalue weighted by atomic mass is 127. The number of aliphatic hydroxyl groups is 1. The number of hydrogen-bond acceptors (Lipinski definition) is 9. The number of phosphoric ester groups is 1. The second kappa shape index (κ2) is 15.1. The van der Waals surface area contributed by atoms with Crippen LogP contribution >= 0.6 is 30.4 Å². The summed E-state index contributed by atoms with van der Waals surface area (Å²) in [6.07, 6.45) is -0.123. The molecule has 1 fully saturated rings. The highest BCUT2D eigenvalue weighted by Crippen LogP contribution is 2.55. The number of carbonyl (C=O) groups is 1. The first-order valence-electron chi connectivity index (χ1n) is 15.4. The van der Waals surface area contributed by atoms with Crippen molar-refractivity contribution in [2.75, 3.05) is 12.3 Å². The zero-order valence-electron chi connectivity index (χ0n) is 27.6. The highest BCUT2D eigenvalue weighted by molar-refractivity contribution is 14.1. The van der Waals surface area contributed by atoms with Gasteiger partial charge in [-0.15, -0.1) is 0 Å². The first kappa shape index (κ1) is 38.2. The number of benzene rings is 2. The summed E-state index contributed by atoms with van der Waals surface area (Å²) in [6, 6.07) is 6.74. The number of hydrogen-bond donors (Lipinski definition) is 3. The van der Waals surface area contributed by atoms with Crippen LogP contribution in [0.2, 0.25) is 0 Å². The number of nitrogen functional groups attached to an aromatic ring is 1. The van der Waals surface area contributed by atoms with E-state index in [1.54, 1.807) is 47.6 Å². The molecule has 1 amide bonds. The molecule has 0 aliphatic heterocycles. The van der Waals surface area contributed by atoms with Gasteiger partial charge in [0.1, 0.15) is 29.3 Å². The third-order valence-corrected chi connectivity index (χ3v) is 9.86. The van der Waals surface area contributed by atoms with Crippen molar-refractivity contribution in [2.45, 2.75) is 96.2 Å². The van der Waals surface area contributed by atoms with Gasteiger partial charge in [0.25, 0.3) is 5.91 Å². The monoisotopic (exact) mass is 804 g/mol. The van der Waals surface area contributed by atoms with E-state index in [1.807, 2.05) is 22.6 Å². The lowest BCUT2D eigenvalue weighted by molar-refractivity contribution is 0.000610. The van der Waals surface area contributed by atoms with Crippen LogP contribution in [-0.2, 0) is 18.1 Å². The number of carbonyl (C=O) groups excluding carboxylic acids is 1. The van der Waals surface area contributed by atoms with Crippen LogP contribution in [0.15, 0.2) is 42.6 Å². The Kier molecular flexibility index (Phi) is 12.0. The third kappa shape index (κ3) is 10.4. The molecule has 0 bridgehead atoms. The minimum atomic E-state index is -4.23. The maximum Gasteiger partial charge on any atom is 0.475 e. The minimum absolute atomic E-state index is 0.0142. The molecule has 0 saturated heterocycles. The first-order valence-corrected chi connectivity index (χ1v) is 17.9. The molecule has 0 unspecified atom stereocenters. The summed E-state index contributed by atoms with van der Waals surface area (Å²) >= 11 is 1.92. The van der Waals surface area contributed by atoms with Crippen LogP contribution in [0.25, 0.3) is 11.3 Å². The topological polar surface area (TPSA) is 146 Å². The molecule has 10 nitrogen and oxygen atoms in total. The molecule has 48 heavy (non-hydrogen) atoms. The molecule has 15 heteroatoms. The van der Waals surface area contributed by atoms with E-state index in [4.69, 9.17) is 19.3 Å². The molecule has 4 N–H and O–H groups in total. The summed E-state index contributed by atoms with van der Waals surface area (Å²) in [5.41, 5.74) is 5.00. The van der Waals surface area contributed by atoms with Crippen LogP contribution in [0.1, 0.15) is 94.4 Å². The third-order valence-electron chi connectivity index (χ3n) is 7.23. The summed E-state index contributed by atoms with van der Waals surface area (Å²) in [4.78, 5) is 22.2. The maximum atomic E-state index is 15.6. The molecular formula is C33H41F3IN4O6P. The van der Waals surface area contributed by atoms with E-state index in [2.05, 4.69) is 15.3 Å². The van der Waals surface area contributed by atoms with Crippen molar-refractivity contribution < 1.29 is 41.2 Å². The van der Waals surface area contributed by atoms with Gasteiger partial charge in [-0.05, 0) is 119 Å². The van der Waals surface area contributed by atoms with Gasteiger partial charge >= 0.3 is 7.82 Å².